The number of halogens is 1. The van der Waals surface area contributed by atoms with Gasteiger partial charge >= 0.3 is 0 Å². The van der Waals surface area contributed by atoms with E-state index in [1.54, 1.807) is 18.0 Å². The van der Waals surface area contributed by atoms with Crippen molar-refractivity contribution in [2.24, 2.45) is 5.92 Å². The number of hydrogen-bond donors (Lipinski definition) is 2. The molecule has 1 aromatic carbocycles. The summed E-state index contributed by atoms with van der Waals surface area (Å²) in [5.41, 5.74) is 0.908. The number of nitrogens with one attached hydrogen (secondary N) is 2. The van der Waals surface area contributed by atoms with E-state index in [1.807, 2.05) is 18.2 Å². The molecule has 5 nitrogen and oxygen atoms in total. The Hall–Kier alpha value is -1.59. The molecule has 2 fully saturated rings. The molecule has 4 unspecified atom stereocenters. The number of nitrogens with zero attached hydrogens (tertiary/aromatic N) is 1. The lowest BCUT2D eigenvalue weighted by molar-refractivity contribution is -0.128. The highest BCUT2D eigenvalue weighted by atomic mass is 35.5. The summed E-state index contributed by atoms with van der Waals surface area (Å²) >= 11 is 6.10. The first-order chi connectivity index (χ1) is 11.5. The first-order valence-corrected chi connectivity index (χ1v) is 8.90. The van der Waals surface area contributed by atoms with E-state index >= 15 is 0 Å². The molecule has 2 aliphatic heterocycles. The molecule has 0 saturated carbocycles. The maximum Gasteiger partial charge on any atom is 0.226 e. The second-order valence-electron chi connectivity index (χ2n) is 6.82. The van der Waals surface area contributed by atoms with Gasteiger partial charge in [0, 0.05) is 30.6 Å². The molecular weight excluding hydrogens is 326 g/mol. The van der Waals surface area contributed by atoms with Gasteiger partial charge in [-0.05, 0) is 44.0 Å². The SMILES string of the molecule is CC1NCCCC1NC(=O)C1CC(=O)N(C)C1c1cccc(Cl)c1. The number of hydrogen-bond acceptors (Lipinski definition) is 3. The molecule has 0 bridgehead atoms. The largest absolute Gasteiger partial charge is 0.351 e. The van der Waals surface area contributed by atoms with Crippen molar-refractivity contribution in [2.75, 3.05) is 13.6 Å². The van der Waals surface area contributed by atoms with Crippen LogP contribution in [0.1, 0.15) is 37.8 Å². The topological polar surface area (TPSA) is 61.4 Å². The van der Waals surface area contributed by atoms with Gasteiger partial charge in [-0.2, -0.15) is 0 Å². The second-order valence-corrected chi connectivity index (χ2v) is 7.25. The molecule has 130 valence electrons. The van der Waals surface area contributed by atoms with E-state index in [9.17, 15) is 9.59 Å². The Morgan fingerprint density at radius 3 is 2.92 bits per heavy atom. The van der Waals surface area contributed by atoms with E-state index in [0.29, 0.717) is 5.02 Å². The van der Waals surface area contributed by atoms with Gasteiger partial charge in [-0.15, -0.1) is 0 Å². The Kier molecular flexibility index (Phi) is 5.11. The van der Waals surface area contributed by atoms with Crippen LogP contribution in [0.15, 0.2) is 24.3 Å². The number of likely N-dealkylation sites (tertiary alicyclic amines) is 1. The molecule has 2 N–H and O–H groups in total. The van der Waals surface area contributed by atoms with E-state index in [1.165, 1.54) is 0 Å². The molecule has 4 atom stereocenters. The minimum atomic E-state index is -0.380. The highest BCUT2D eigenvalue weighted by Crippen LogP contribution is 2.38. The van der Waals surface area contributed by atoms with E-state index in [4.69, 9.17) is 11.6 Å². The molecule has 0 aromatic heterocycles. The normalized spacial score (nSPS) is 30.5. The highest BCUT2D eigenvalue weighted by molar-refractivity contribution is 6.30. The van der Waals surface area contributed by atoms with Crippen LogP contribution in [0, 0.1) is 5.92 Å². The molecule has 3 rings (SSSR count). The van der Waals surface area contributed by atoms with Crippen molar-refractivity contribution in [1.82, 2.24) is 15.5 Å². The zero-order valence-corrected chi connectivity index (χ0v) is 14.8. The Morgan fingerprint density at radius 2 is 2.21 bits per heavy atom. The van der Waals surface area contributed by atoms with Crippen molar-refractivity contribution >= 4 is 23.4 Å². The lowest BCUT2D eigenvalue weighted by Gasteiger charge is -2.32. The third-order valence-electron chi connectivity index (χ3n) is 5.20. The molecule has 2 saturated heterocycles. The van der Waals surface area contributed by atoms with Crippen molar-refractivity contribution in [3.05, 3.63) is 34.9 Å². The van der Waals surface area contributed by atoms with E-state index < -0.39 is 0 Å². The zero-order valence-electron chi connectivity index (χ0n) is 14.1. The van der Waals surface area contributed by atoms with Crippen LogP contribution >= 0.6 is 11.6 Å². The van der Waals surface area contributed by atoms with Crippen molar-refractivity contribution in [3.63, 3.8) is 0 Å². The molecule has 6 heteroatoms. The summed E-state index contributed by atoms with van der Waals surface area (Å²) in [7, 11) is 1.76. The molecule has 0 radical (unpaired) electrons. The molecule has 1 aromatic rings. The van der Waals surface area contributed by atoms with Crippen LogP contribution in [0.25, 0.3) is 0 Å². The average molecular weight is 350 g/mol. The van der Waals surface area contributed by atoms with E-state index in [0.717, 1.165) is 24.9 Å². The first-order valence-electron chi connectivity index (χ1n) is 8.52. The van der Waals surface area contributed by atoms with Gasteiger partial charge in [0.1, 0.15) is 0 Å². The van der Waals surface area contributed by atoms with Crippen LogP contribution in [-0.2, 0) is 9.59 Å². The van der Waals surface area contributed by atoms with Gasteiger partial charge in [-0.25, -0.2) is 0 Å². The van der Waals surface area contributed by atoms with Crippen molar-refractivity contribution in [2.45, 2.75) is 44.3 Å². The number of benzene rings is 1. The van der Waals surface area contributed by atoms with Crippen LogP contribution in [0.5, 0.6) is 0 Å². The minimum absolute atomic E-state index is 0.00468. The number of rotatable bonds is 3. The van der Waals surface area contributed by atoms with Crippen LogP contribution in [0.3, 0.4) is 0 Å². The van der Waals surface area contributed by atoms with Gasteiger partial charge < -0.3 is 15.5 Å². The number of amides is 2. The fourth-order valence-corrected chi connectivity index (χ4v) is 3.98. The van der Waals surface area contributed by atoms with Gasteiger partial charge in [0.15, 0.2) is 0 Å². The molecule has 24 heavy (non-hydrogen) atoms. The van der Waals surface area contributed by atoms with Crippen LogP contribution in [0.2, 0.25) is 5.02 Å². The fraction of sp³-hybridized carbons (Fsp3) is 0.556. The summed E-state index contributed by atoms with van der Waals surface area (Å²) in [4.78, 5) is 26.7. The van der Waals surface area contributed by atoms with Crippen LogP contribution < -0.4 is 10.6 Å². The Balaban J connectivity index is 1.79. The lowest BCUT2D eigenvalue weighted by atomic mass is 9.91. The van der Waals surface area contributed by atoms with Crippen LogP contribution in [0.4, 0.5) is 0 Å². The average Bonchev–Trinajstić information content (AvgIpc) is 2.85. The highest BCUT2D eigenvalue weighted by Gasteiger charge is 2.43. The van der Waals surface area contributed by atoms with E-state index in [-0.39, 0.29) is 42.3 Å². The van der Waals surface area contributed by atoms with Crippen molar-refractivity contribution in [3.8, 4) is 0 Å². The van der Waals surface area contributed by atoms with E-state index in [2.05, 4.69) is 17.6 Å². The summed E-state index contributed by atoms with van der Waals surface area (Å²) in [5.74, 6) is -0.428. The predicted octanol–water partition coefficient (Wildman–Crippen LogP) is 2.12. The van der Waals surface area contributed by atoms with Crippen molar-refractivity contribution < 1.29 is 9.59 Å². The third-order valence-corrected chi connectivity index (χ3v) is 5.44. The Bertz CT molecular complexity index is 636. The fourth-order valence-electron chi connectivity index (χ4n) is 3.78. The van der Waals surface area contributed by atoms with Gasteiger partial charge in [0.05, 0.1) is 12.0 Å². The summed E-state index contributed by atoms with van der Waals surface area (Å²) < 4.78 is 0. The van der Waals surface area contributed by atoms with Gasteiger partial charge in [0.2, 0.25) is 11.8 Å². The number of carbonyl (C=O) groups is 2. The van der Waals surface area contributed by atoms with Crippen LogP contribution in [-0.4, -0.2) is 42.4 Å². The molecule has 2 aliphatic rings. The number of carbonyl (C=O) groups excluding carboxylic acids is 2. The first kappa shape index (κ1) is 17.2. The predicted molar refractivity (Wildman–Crippen MR) is 93.7 cm³/mol. The maximum atomic E-state index is 12.9. The zero-order chi connectivity index (χ0) is 17.3. The smallest absolute Gasteiger partial charge is 0.226 e. The molecule has 2 heterocycles. The third kappa shape index (κ3) is 3.42. The van der Waals surface area contributed by atoms with Gasteiger partial charge in [-0.3, -0.25) is 9.59 Å². The Morgan fingerprint density at radius 1 is 1.42 bits per heavy atom. The molecular formula is C18H24ClN3O2. The van der Waals surface area contributed by atoms with Gasteiger partial charge in [0.25, 0.3) is 0 Å². The summed E-state index contributed by atoms with van der Waals surface area (Å²) in [6, 6.07) is 7.53. The maximum absolute atomic E-state index is 12.9. The molecule has 0 aliphatic carbocycles. The minimum Gasteiger partial charge on any atom is -0.351 e. The lowest BCUT2D eigenvalue weighted by Crippen LogP contribution is -2.53. The summed E-state index contributed by atoms with van der Waals surface area (Å²) in [5, 5.41) is 7.15. The summed E-state index contributed by atoms with van der Waals surface area (Å²) in [6.45, 7) is 3.08. The standard InChI is InChI=1S/C18H24ClN3O2/c1-11-15(7-4-8-20-11)21-18(24)14-10-16(23)22(2)17(14)12-5-3-6-13(19)9-12/h3,5-6,9,11,14-15,17,20H,4,7-8,10H2,1-2H3,(H,21,24). The number of piperidine rings is 1. The Labute approximate surface area is 147 Å². The molecule has 2 amide bonds. The summed E-state index contributed by atoms with van der Waals surface area (Å²) in [6.07, 6.45) is 2.27. The second kappa shape index (κ2) is 7.11. The monoisotopic (exact) mass is 349 g/mol. The molecule has 0 spiro atoms. The van der Waals surface area contributed by atoms with Crippen molar-refractivity contribution in [1.29, 1.82) is 0 Å². The quantitative estimate of drug-likeness (QED) is 0.878. The van der Waals surface area contributed by atoms with Gasteiger partial charge in [-0.1, -0.05) is 23.7 Å².